The zero-order chi connectivity index (χ0) is 18.3. The molecule has 130 valence electrons. The quantitative estimate of drug-likeness (QED) is 0.524. The maximum absolute atomic E-state index is 12.3. The molecule has 1 aromatic carbocycles. The van der Waals surface area contributed by atoms with Crippen LogP contribution in [-0.4, -0.2) is 37.7 Å². The summed E-state index contributed by atoms with van der Waals surface area (Å²) < 4.78 is 7.08. The molecule has 2 aromatic heterocycles. The molecule has 1 aliphatic rings. The van der Waals surface area contributed by atoms with Crippen LogP contribution in [0.1, 0.15) is 5.76 Å². The number of amides is 1. The van der Waals surface area contributed by atoms with Crippen LogP contribution in [0.4, 0.5) is 0 Å². The van der Waals surface area contributed by atoms with E-state index in [1.807, 2.05) is 24.3 Å². The molecule has 1 fully saturated rings. The van der Waals surface area contributed by atoms with E-state index in [1.54, 1.807) is 18.2 Å². The predicted octanol–water partition coefficient (Wildman–Crippen LogP) is 3.84. The summed E-state index contributed by atoms with van der Waals surface area (Å²) in [4.78, 5) is 29.1. The standard InChI is InChI=1S/C17H10N2O4S3/c20-14(21)8-19-16(22)13(26-17(19)24)7-9-5-6-11(23-9)15-18-10-3-1-2-4-12(10)25-15/h1-7H,8H2,(H,20,21)/b13-7+. The van der Waals surface area contributed by atoms with Crippen LogP contribution in [0.15, 0.2) is 45.7 Å². The van der Waals surface area contributed by atoms with Crippen LogP contribution in [0.5, 0.6) is 0 Å². The van der Waals surface area contributed by atoms with Crippen LogP contribution >= 0.6 is 35.3 Å². The van der Waals surface area contributed by atoms with Gasteiger partial charge >= 0.3 is 5.97 Å². The van der Waals surface area contributed by atoms with Crippen LogP contribution in [0, 0.1) is 0 Å². The van der Waals surface area contributed by atoms with Crippen LogP contribution in [0.25, 0.3) is 27.1 Å². The molecule has 3 aromatic rings. The molecule has 4 rings (SSSR count). The van der Waals surface area contributed by atoms with Gasteiger partial charge < -0.3 is 9.52 Å². The number of nitrogens with zero attached hydrogens (tertiary/aromatic N) is 2. The number of thiazole rings is 1. The molecule has 0 bridgehead atoms. The van der Waals surface area contributed by atoms with Gasteiger partial charge in [0.15, 0.2) is 10.8 Å². The lowest BCUT2D eigenvalue weighted by Gasteiger charge is -2.09. The number of hydrogen-bond donors (Lipinski definition) is 1. The average Bonchev–Trinajstić information content (AvgIpc) is 3.29. The normalized spacial score (nSPS) is 16.2. The summed E-state index contributed by atoms with van der Waals surface area (Å²) in [5.74, 6) is -0.451. The summed E-state index contributed by atoms with van der Waals surface area (Å²) in [7, 11) is 0. The zero-order valence-electron chi connectivity index (χ0n) is 13.0. The van der Waals surface area contributed by atoms with Crippen molar-refractivity contribution < 1.29 is 19.1 Å². The number of rotatable bonds is 4. The third-order valence-electron chi connectivity index (χ3n) is 3.57. The molecular formula is C17H10N2O4S3. The number of aliphatic carboxylic acids is 1. The van der Waals surface area contributed by atoms with Crippen molar-refractivity contribution in [2.45, 2.75) is 0 Å². The molecule has 0 atom stereocenters. The number of carbonyl (C=O) groups is 2. The fraction of sp³-hybridized carbons (Fsp3) is 0.0588. The molecule has 9 heteroatoms. The van der Waals surface area contributed by atoms with Crippen molar-refractivity contribution >= 4 is 67.8 Å². The lowest BCUT2D eigenvalue weighted by Crippen LogP contribution is -2.33. The Morgan fingerprint density at radius 2 is 2.12 bits per heavy atom. The summed E-state index contributed by atoms with van der Waals surface area (Å²) in [5, 5.41) is 9.62. The Morgan fingerprint density at radius 1 is 1.31 bits per heavy atom. The highest BCUT2D eigenvalue weighted by molar-refractivity contribution is 8.26. The number of aromatic nitrogens is 1. The van der Waals surface area contributed by atoms with Crippen LogP contribution in [0.2, 0.25) is 0 Å². The largest absolute Gasteiger partial charge is 0.480 e. The Labute approximate surface area is 161 Å². The SMILES string of the molecule is O=C(O)CN1C(=O)/C(=C\c2ccc(-c3nc4ccccc4s3)o2)SC1=S. The first-order valence-electron chi connectivity index (χ1n) is 7.44. The Kier molecular flexibility index (Phi) is 4.35. The van der Waals surface area contributed by atoms with Gasteiger partial charge in [0.25, 0.3) is 5.91 Å². The molecular weight excluding hydrogens is 392 g/mol. The Bertz CT molecular complexity index is 1050. The summed E-state index contributed by atoms with van der Waals surface area (Å²) in [6, 6.07) is 11.4. The molecule has 0 spiro atoms. The molecule has 6 nitrogen and oxygen atoms in total. The fourth-order valence-corrected chi connectivity index (χ4v) is 4.59. The number of para-hydroxylation sites is 1. The smallest absolute Gasteiger partial charge is 0.323 e. The molecule has 1 amide bonds. The second-order valence-electron chi connectivity index (χ2n) is 5.35. The van der Waals surface area contributed by atoms with Gasteiger partial charge in [0.1, 0.15) is 16.6 Å². The Hall–Kier alpha value is -2.49. The highest BCUT2D eigenvalue weighted by Gasteiger charge is 2.33. The monoisotopic (exact) mass is 402 g/mol. The van der Waals surface area contributed by atoms with E-state index in [0.717, 1.165) is 31.9 Å². The predicted molar refractivity (Wildman–Crippen MR) is 105 cm³/mol. The highest BCUT2D eigenvalue weighted by atomic mass is 32.2. The molecule has 26 heavy (non-hydrogen) atoms. The summed E-state index contributed by atoms with van der Waals surface area (Å²) in [6.45, 7) is -0.447. The first-order chi connectivity index (χ1) is 12.5. The van der Waals surface area contributed by atoms with Gasteiger partial charge in [0.05, 0.1) is 15.1 Å². The van der Waals surface area contributed by atoms with Crippen molar-refractivity contribution in [3.05, 3.63) is 47.1 Å². The van der Waals surface area contributed by atoms with Crippen LogP contribution in [0.3, 0.4) is 0 Å². The second kappa shape index (κ2) is 6.67. The van der Waals surface area contributed by atoms with E-state index in [4.69, 9.17) is 21.7 Å². The first kappa shape index (κ1) is 17.0. The van der Waals surface area contributed by atoms with E-state index in [1.165, 1.54) is 11.3 Å². The molecule has 0 aliphatic carbocycles. The number of thiocarbonyl (C=S) groups is 1. The second-order valence-corrected chi connectivity index (χ2v) is 8.06. The molecule has 0 radical (unpaired) electrons. The van der Waals surface area contributed by atoms with Gasteiger partial charge in [-0.2, -0.15) is 0 Å². The number of carboxylic acids is 1. The van der Waals surface area contributed by atoms with Gasteiger partial charge in [0.2, 0.25) is 0 Å². The molecule has 1 saturated heterocycles. The van der Waals surface area contributed by atoms with Gasteiger partial charge in [-0.3, -0.25) is 14.5 Å². The van der Waals surface area contributed by atoms with Gasteiger partial charge in [-0.25, -0.2) is 4.98 Å². The van der Waals surface area contributed by atoms with E-state index >= 15 is 0 Å². The summed E-state index contributed by atoms with van der Waals surface area (Å²) in [5.41, 5.74) is 0.903. The summed E-state index contributed by atoms with van der Waals surface area (Å²) >= 11 is 7.66. The Morgan fingerprint density at radius 3 is 2.88 bits per heavy atom. The number of hydrogen-bond acceptors (Lipinski definition) is 7. The first-order valence-corrected chi connectivity index (χ1v) is 9.48. The maximum atomic E-state index is 12.3. The number of carboxylic acid groups (broad SMARTS) is 1. The minimum absolute atomic E-state index is 0.224. The lowest BCUT2D eigenvalue weighted by atomic mass is 10.3. The van der Waals surface area contributed by atoms with Crippen molar-refractivity contribution in [3.63, 3.8) is 0 Å². The Balaban J connectivity index is 1.60. The number of fused-ring (bicyclic) bond motifs is 1. The van der Waals surface area contributed by atoms with Crippen molar-refractivity contribution in [3.8, 4) is 10.8 Å². The topological polar surface area (TPSA) is 83.6 Å². The number of carbonyl (C=O) groups excluding carboxylic acids is 1. The molecule has 1 aliphatic heterocycles. The molecule has 1 N–H and O–H groups in total. The van der Waals surface area contributed by atoms with Crippen molar-refractivity contribution in [2.75, 3.05) is 6.54 Å². The maximum Gasteiger partial charge on any atom is 0.323 e. The fourth-order valence-electron chi connectivity index (χ4n) is 2.42. The van der Waals surface area contributed by atoms with E-state index in [0.29, 0.717) is 16.4 Å². The molecule has 3 heterocycles. The van der Waals surface area contributed by atoms with E-state index in [-0.39, 0.29) is 4.32 Å². The number of thioether (sulfide) groups is 1. The average molecular weight is 402 g/mol. The van der Waals surface area contributed by atoms with E-state index in [9.17, 15) is 9.59 Å². The van der Waals surface area contributed by atoms with E-state index in [2.05, 4.69) is 4.98 Å². The third kappa shape index (κ3) is 3.16. The van der Waals surface area contributed by atoms with Gasteiger partial charge in [-0.05, 0) is 24.3 Å². The van der Waals surface area contributed by atoms with Crippen molar-refractivity contribution in [2.24, 2.45) is 0 Å². The third-order valence-corrected chi connectivity index (χ3v) is 6.00. The molecule has 0 unspecified atom stereocenters. The lowest BCUT2D eigenvalue weighted by molar-refractivity contribution is -0.140. The van der Waals surface area contributed by atoms with E-state index < -0.39 is 18.4 Å². The van der Waals surface area contributed by atoms with Crippen LogP contribution in [-0.2, 0) is 9.59 Å². The van der Waals surface area contributed by atoms with Gasteiger partial charge in [-0.1, -0.05) is 36.1 Å². The minimum atomic E-state index is -1.11. The summed E-state index contributed by atoms with van der Waals surface area (Å²) in [6.07, 6.45) is 1.57. The zero-order valence-corrected chi connectivity index (χ0v) is 15.5. The van der Waals surface area contributed by atoms with Gasteiger partial charge in [0, 0.05) is 6.08 Å². The highest BCUT2D eigenvalue weighted by Crippen LogP contribution is 2.35. The van der Waals surface area contributed by atoms with Crippen molar-refractivity contribution in [1.29, 1.82) is 0 Å². The van der Waals surface area contributed by atoms with Gasteiger partial charge in [-0.15, -0.1) is 11.3 Å². The molecule has 0 saturated carbocycles. The number of furan rings is 1. The minimum Gasteiger partial charge on any atom is -0.480 e. The van der Waals surface area contributed by atoms with Crippen LogP contribution < -0.4 is 0 Å². The number of benzene rings is 1. The van der Waals surface area contributed by atoms with Crippen molar-refractivity contribution in [1.82, 2.24) is 9.88 Å².